The Balaban J connectivity index is 2.42. The van der Waals surface area contributed by atoms with Crippen molar-refractivity contribution in [2.45, 2.75) is 18.9 Å². The number of hydrogen-bond donors (Lipinski definition) is 2. The summed E-state index contributed by atoms with van der Waals surface area (Å²) >= 11 is 0. The second-order valence-electron chi connectivity index (χ2n) is 4.29. The standard InChI is InChI=1S/C13H15NO4/c1-18-13(17)10-6-8(11-3-2-4-14-11)5-9(7-10)12(15)16/h5-7,11,14H,2-4H2,1H3,(H,15,16)/t11-/m1/s1. The third kappa shape index (κ3) is 2.51. The smallest absolute Gasteiger partial charge is 0.337 e. The second-order valence-corrected chi connectivity index (χ2v) is 4.29. The average molecular weight is 249 g/mol. The topological polar surface area (TPSA) is 75.6 Å². The van der Waals surface area contributed by atoms with E-state index in [0.29, 0.717) is 0 Å². The van der Waals surface area contributed by atoms with Crippen LogP contribution in [0.3, 0.4) is 0 Å². The van der Waals surface area contributed by atoms with E-state index in [4.69, 9.17) is 5.11 Å². The fourth-order valence-electron chi connectivity index (χ4n) is 2.18. The van der Waals surface area contributed by atoms with Gasteiger partial charge in [-0.25, -0.2) is 9.59 Å². The van der Waals surface area contributed by atoms with Crippen LogP contribution < -0.4 is 5.32 Å². The molecule has 0 bridgehead atoms. The maximum Gasteiger partial charge on any atom is 0.337 e. The van der Waals surface area contributed by atoms with Crippen LogP contribution in [0.15, 0.2) is 18.2 Å². The molecule has 0 aliphatic carbocycles. The Labute approximate surface area is 105 Å². The molecule has 1 aromatic carbocycles. The monoisotopic (exact) mass is 249 g/mol. The molecule has 1 aliphatic rings. The lowest BCUT2D eigenvalue weighted by molar-refractivity contribution is 0.0600. The highest BCUT2D eigenvalue weighted by atomic mass is 16.5. The number of hydrogen-bond acceptors (Lipinski definition) is 4. The Hall–Kier alpha value is -1.88. The van der Waals surface area contributed by atoms with Gasteiger partial charge in [0.2, 0.25) is 0 Å². The number of carbonyl (C=O) groups is 2. The fourth-order valence-corrected chi connectivity index (χ4v) is 2.18. The van der Waals surface area contributed by atoms with Gasteiger partial charge in [-0.2, -0.15) is 0 Å². The van der Waals surface area contributed by atoms with E-state index in [1.54, 1.807) is 12.1 Å². The maximum absolute atomic E-state index is 11.5. The van der Waals surface area contributed by atoms with Gasteiger partial charge >= 0.3 is 11.9 Å². The van der Waals surface area contributed by atoms with E-state index in [1.165, 1.54) is 13.2 Å². The van der Waals surface area contributed by atoms with Gasteiger partial charge in [0.15, 0.2) is 0 Å². The Morgan fingerprint density at radius 2 is 2.06 bits per heavy atom. The summed E-state index contributed by atoms with van der Waals surface area (Å²) in [6.07, 6.45) is 2.00. The zero-order chi connectivity index (χ0) is 13.1. The van der Waals surface area contributed by atoms with Gasteiger partial charge in [-0.1, -0.05) is 0 Å². The van der Waals surface area contributed by atoms with Crippen LogP contribution in [0.4, 0.5) is 0 Å². The third-order valence-corrected chi connectivity index (χ3v) is 3.09. The molecule has 2 rings (SSSR count). The fraction of sp³-hybridized carbons (Fsp3) is 0.385. The summed E-state index contributed by atoms with van der Waals surface area (Å²) in [4.78, 5) is 22.6. The normalized spacial score (nSPS) is 18.6. The molecular formula is C13H15NO4. The summed E-state index contributed by atoms with van der Waals surface area (Å²) in [5.41, 5.74) is 1.22. The number of esters is 1. The molecule has 0 radical (unpaired) electrons. The van der Waals surface area contributed by atoms with Crippen LogP contribution >= 0.6 is 0 Å². The number of methoxy groups -OCH3 is 1. The molecule has 0 spiro atoms. The van der Waals surface area contributed by atoms with E-state index in [-0.39, 0.29) is 17.2 Å². The minimum absolute atomic E-state index is 0.113. The molecule has 18 heavy (non-hydrogen) atoms. The first-order valence-corrected chi connectivity index (χ1v) is 5.82. The van der Waals surface area contributed by atoms with Gasteiger partial charge in [0.1, 0.15) is 0 Å². The van der Waals surface area contributed by atoms with E-state index >= 15 is 0 Å². The van der Waals surface area contributed by atoms with E-state index in [2.05, 4.69) is 10.1 Å². The minimum Gasteiger partial charge on any atom is -0.478 e. The van der Waals surface area contributed by atoms with Gasteiger partial charge in [0, 0.05) is 6.04 Å². The molecule has 1 atom stereocenters. The average Bonchev–Trinajstić information content (AvgIpc) is 2.91. The quantitative estimate of drug-likeness (QED) is 0.796. The molecule has 1 saturated heterocycles. The predicted octanol–water partition coefficient (Wildman–Crippen LogP) is 1.60. The predicted molar refractivity (Wildman–Crippen MR) is 64.7 cm³/mol. The molecule has 0 saturated carbocycles. The van der Waals surface area contributed by atoms with Gasteiger partial charge in [0.25, 0.3) is 0 Å². The highest BCUT2D eigenvalue weighted by Gasteiger charge is 2.20. The van der Waals surface area contributed by atoms with Crippen LogP contribution in [0.1, 0.15) is 45.2 Å². The van der Waals surface area contributed by atoms with Crippen molar-refractivity contribution in [3.63, 3.8) is 0 Å². The SMILES string of the molecule is COC(=O)c1cc(C(=O)O)cc([C@H]2CCCN2)c1. The summed E-state index contributed by atoms with van der Waals surface area (Å²) in [5.74, 6) is -1.56. The number of benzene rings is 1. The number of aromatic carboxylic acids is 1. The van der Waals surface area contributed by atoms with E-state index < -0.39 is 11.9 Å². The van der Waals surface area contributed by atoms with Crippen molar-refractivity contribution in [2.24, 2.45) is 0 Å². The molecule has 1 fully saturated rings. The van der Waals surface area contributed by atoms with Crippen molar-refractivity contribution in [3.05, 3.63) is 34.9 Å². The van der Waals surface area contributed by atoms with Crippen LogP contribution in [-0.4, -0.2) is 30.7 Å². The van der Waals surface area contributed by atoms with E-state index in [9.17, 15) is 9.59 Å². The molecular weight excluding hydrogens is 234 g/mol. The lowest BCUT2D eigenvalue weighted by Gasteiger charge is -2.13. The van der Waals surface area contributed by atoms with Crippen LogP contribution in [0.5, 0.6) is 0 Å². The summed E-state index contributed by atoms with van der Waals surface area (Å²) in [6.45, 7) is 0.912. The van der Waals surface area contributed by atoms with Crippen LogP contribution in [0, 0.1) is 0 Å². The van der Waals surface area contributed by atoms with Gasteiger partial charge in [-0.3, -0.25) is 0 Å². The summed E-state index contributed by atoms with van der Waals surface area (Å²) in [7, 11) is 1.28. The van der Waals surface area contributed by atoms with E-state index in [0.717, 1.165) is 24.9 Å². The molecule has 0 amide bonds. The molecule has 1 aliphatic heterocycles. The Kier molecular flexibility index (Phi) is 3.62. The highest BCUT2D eigenvalue weighted by molar-refractivity contribution is 5.95. The summed E-state index contributed by atoms with van der Waals surface area (Å²) in [5, 5.41) is 12.3. The van der Waals surface area contributed by atoms with Crippen molar-refractivity contribution in [3.8, 4) is 0 Å². The van der Waals surface area contributed by atoms with Crippen LogP contribution in [-0.2, 0) is 4.74 Å². The number of nitrogens with one attached hydrogen (secondary N) is 1. The Bertz CT molecular complexity index is 478. The molecule has 0 unspecified atom stereocenters. The molecule has 1 aromatic rings. The van der Waals surface area contributed by atoms with Crippen LogP contribution in [0.2, 0.25) is 0 Å². The van der Waals surface area contributed by atoms with Gasteiger partial charge in [-0.15, -0.1) is 0 Å². The third-order valence-electron chi connectivity index (χ3n) is 3.09. The number of ether oxygens (including phenoxy) is 1. The van der Waals surface area contributed by atoms with Gasteiger partial charge in [-0.05, 0) is 43.1 Å². The van der Waals surface area contributed by atoms with Crippen LogP contribution in [0.25, 0.3) is 0 Å². The zero-order valence-corrected chi connectivity index (χ0v) is 10.1. The first kappa shape index (κ1) is 12.6. The molecule has 5 heteroatoms. The molecule has 5 nitrogen and oxygen atoms in total. The molecule has 1 heterocycles. The number of carboxylic acids is 1. The van der Waals surface area contributed by atoms with Crippen molar-refractivity contribution in [2.75, 3.05) is 13.7 Å². The Morgan fingerprint density at radius 3 is 2.61 bits per heavy atom. The molecule has 0 aromatic heterocycles. The zero-order valence-electron chi connectivity index (χ0n) is 10.1. The van der Waals surface area contributed by atoms with Gasteiger partial charge in [0.05, 0.1) is 18.2 Å². The Morgan fingerprint density at radius 1 is 1.33 bits per heavy atom. The van der Waals surface area contributed by atoms with Crippen molar-refractivity contribution < 1.29 is 19.4 Å². The lowest BCUT2D eigenvalue weighted by atomic mass is 9.99. The summed E-state index contributed by atoms with van der Waals surface area (Å²) < 4.78 is 4.64. The maximum atomic E-state index is 11.5. The van der Waals surface area contributed by atoms with Crippen molar-refractivity contribution in [1.82, 2.24) is 5.32 Å². The lowest BCUT2D eigenvalue weighted by Crippen LogP contribution is -2.15. The molecule has 2 N–H and O–H groups in total. The minimum atomic E-state index is -1.04. The first-order valence-electron chi connectivity index (χ1n) is 5.82. The number of carboxylic acid groups (broad SMARTS) is 1. The number of carbonyl (C=O) groups excluding carboxylic acids is 1. The summed E-state index contributed by atoms with van der Waals surface area (Å²) in [6, 6.07) is 4.76. The van der Waals surface area contributed by atoms with Crippen molar-refractivity contribution >= 4 is 11.9 Å². The largest absolute Gasteiger partial charge is 0.478 e. The van der Waals surface area contributed by atoms with E-state index in [1.807, 2.05) is 0 Å². The van der Waals surface area contributed by atoms with Crippen molar-refractivity contribution in [1.29, 1.82) is 0 Å². The highest BCUT2D eigenvalue weighted by Crippen LogP contribution is 2.25. The number of rotatable bonds is 3. The first-order chi connectivity index (χ1) is 8.61. The molecule has 96 valence electrons. The second kappa shape index (κ2) is 5.18. The van der Waals surface area contributed by atoms with Gasteiger partial charge < -0.3 is 15.2 Å².